The normalized spacial score (nSPS) is 24.4. The van der Waals surface area contributed by atoms with E-state index in [1.165, 1.54) is 0 Å². The van der Waals surface area contributed by atoms with Gasteiger partial charge in [-0.3, -0.25) is 4.79 Å². The van der Waals surface area contributed by atoms with Crippen LogP contribution in [0, 0.1) is 11.8 Å². The first-order valence-corrected chi connectivity index (χ1v) is 5.04. The first-order valence-electron chi connectivity index (χ1n) is 5.04. The zero-order chi connectivity index (χ0) is 10.1. The number of hydrogen-bond acceptors (Lipinski definition) is 2. The van der Waals surface area contributed by atoms with Crippen molar-refractivity contribution in [1.29, 1.82) is 0 Å². The molecule has 0 radical (unpaired) electrons. The summed E-state index contributed by atoms with van der Waals surface area (Å²) in [6.07, 6.45) is 1.06. The third-order valence-electron chi connectivity index (χ3n) is 2.90. The second-order valence-electron chi connectivity index (χ2n) is 4.01. The second-order valence-corrected chi connectivity index (χ2v) is 4.01. The monoisotopic (exact) mass is 189 g/mol. The van der Waals surface area contributed by atoms with Crippen molar-refractivity contribution in [3.63, 3.8) is 0 Å². The lowest BCUT2D eigenvalue weighted by atomic mass is 10.1. The van der Waals surface area contributed by atoms with Gasteiger partial charge in [0, 0.05) is 24.2 Å². The van der Waals surface area contributed by atoms with Gasteiger partial charge in [-0.25, -0.2) is 0 Å². The molecule has 0 heterocycles. The topological polar surface area (TPSA) is 29.1 Å². The van der Waals surface area contributed by atoms with Gasteiger partial charge < -0.3 is 5.32 Å². The molecule has 0 amide bonds. The Morgan fingerprint density at radius 2 is 1.93 bits per heavy atom. The van der Waals surface area contributed by atoms with Gasteiger partial charge >= 0.3 is 0 Å². The minimum atomic E-state index is 0.287. The zero-order valence-electron chi connectivity index (χ0n) is 8.58. The van der Waals surface area contributed by atoms with Crippen molar-refractivity contribution in [2.75, 3.05) is 12.4 Å². The van der Waals surface area contributed by atoms with Gasteiger partial charge in [-0.15, -0.1) is 0 Å². The molecule has 2 unspecified atom stereocenters. The summed E-state index contributed by atoms with van der Waals surface area (Å²) in [6, 6.07) is 7.69. The molecule has 1 fully saturated rings. The highest BCUT2D eigenvalue weighted by Gasteiger charge is 2.39. The van der Waals surface area contributed by atoms with E-state index >= 15 is 0 Å². The summed E-state index contributed by atoms with van der Waals surface area (Å²) in [7, 11) is 1.87. The van der Waals surface area contributed by atoms with Crippen molar-refractivity contribution >= 4 is 11.5 Å². The zero-order valence-corrected chi connectivity index (χ0v) is 8.58. The van der Waals surface area contributed by atoms with Crippen LogP contribution in [0.5, 0.6) is 0 Å². The van der Waals surface area contributed by atoms with Crippen LogP contribution in [-0.4, -0.2) is 12.8 Å². The van der Waals surface area contributed by atoms with Crippen molar-refractivity contribution in [3.05, 3.63) is 29.8 Å². The molecule has 0 saturated heterocycles. The largest absolute Gasteiger partial charge is 0.388 e. The Labute approximate surface area is 84.3 Å². The molecule has 0 bridgehead atoms. The number of Topliss-reactive ketones (excluding diaryl/α,β-unsaturated/α-hetero) is 1. The number of ketones is 1. The average molecular weight is 189 g/mol. The molecule has 1 N–H and O–H groups in total. The molecule has 14 heavy (non-hydrogen) atoms. The van der Waals surface area contributed by atoms with Crippen LogP contribution in [0.2, 0.25) is 0 Å². The van der Waals surface area contributed by atoms with Crippen molar-refractivity contribution in [1.82, 2.24) is 0 Å². The van der Waals surface area contributed by atoms with Crippen molar-refractivity contribution < 1.29 is 4.79 Å². The summed E-state index contributed by atoms with van der Waals surface area (Å²) in [6.45, 7) is 2.13. The fourth-order valence-electron chi connectivity index (χ4n) is 1.70. The Balaban J connectivity index is 2.13. The Bertz CT molecular complexity index is 342. The maximum atomic E-state index is 11.8. The quantitative estimate of drug-likeness (QED) is 0.740. The van der Waals surface area contributed by atoms with Crippen LogP contribution in [0.3, 0.4) is 0 Å². The molecule has 0 spiro atoms. The van der Waals surface area contributed by atoms with E-state index in [4.69, 9.17) is 0 Å². The molecule has 74 valence electrons. The molecule has 0 aromatic heterocycles. The maximum absolute atomic E-state index is 11.8. The van der Waals surface area contributed by atoms with E-state index in [1.807, 2.05) is 31.3 Å². The van der Waals surface area contributed by atoms with Crippen LogP contribution in [-0.2, 0) is 0 Å². The highest BCUT2D eigenvalue weighted by atomic mass is 16.1. The summed E-state index contributed by atoms with van der Waals surface area (Å²) in [5, 5.41) is 3.04. The number of rotatable bonds is 3. The number of nitrogens with one attached hydrogen (secondary N) is 1. The summed E-state index contributed by atoms with van der Waals surface area (Å²) < 4.78 is 0. The highest BCUT2D eigenvalue weighted by molar-refractivity contribution is 5.99. The summed E-state index contributed by atoms with van der Waals surface area (Å²) in [5.41, 5.74) is 1.89. The first kappa shape index (κ1) is 9.25. The van der Waals surface area contributed by atoms with Crippen LogP contribution in [0.1, 0.15) is 23.7 Å². The molecule has 2 heteroatoms. The highest BCUT2D eigenvalue weighted by Crippen LogP contribution is 2.40. The third-order valence-corrected chi connectivity index (χ3v) is 2.90. The second kappa shape index (κ2) is 3.45. The fraction of sp³-hybridized carbons (Fsp3) is 0.417. The molecule has 2 atom stereocenters. The van der Waals surface area contributed by atoms with Gasteiger partial charge in [0.1, 0.15) is 0 Å². The Morgan fingerprint density at radius 1 is 1.36 bits per heavy atom. The van der Waals surface area contributed by atoms with Gasteiger partial charge in [0.2, 0.25) is 0 Å². The minimum absolute atomic E-state index is 0.287. The van der Waals surface area contributed by atoms with Crippen molar-refractivity contribution in [2.24, 2.45) is 11.8 Å². The summed E-state index contributed by atoms with van der Waals surface area (Å²) in [5.74, 6) is 1.18. The molecule has 1 aromatic rings. The van der Waals surface area contributed by atoms with E-state index in [1.54, 1.807) is 0 Å². The molecule has 2 nitrogen and oxygen atoms in total. The lowest BCUT2D eigenvalue weighted by Crippen LogP contribution is -2.02. The molecule has 1 aromatic carbocycles. The van der Waals surface area contributed by atoms with Crippen LogP contribution in [0.4, 0.5) is 5.69 Å². The first-order chi connectivity index (χ1) is 6.72. The Hall–Kier alpha value is -1.31. The van der Waals surface area contributed by atoms with Crippen LogP contribution in [0.15, 0.2) is 24.3 Å². The third kappa shape index (κ3) is 1.65. The van der Waals surface area contributed by atoms with E-state index in [9.17, 15) is 4.79 Å². The van der Waals surface area contributed by atoms with E-state index in [2.05, 4.69) is 12.2 Å². The number of benzene rings is 1. The van der Waals surface area contributed by atoms with Crippen LogP contribution in [0.25, 0.3) is 0 Å². The van der Waals surface area contributed by atoms with Crippen molar-refractivity contribution in [3.8, 4) is 0 Å². The molecule has 2 rings (SSSR count). The van der Waals surface area contributed by atoms with Gasteiger partial charge in [-0.05, 0) is 36.6 Å². The van der Waals surface area contributed by atoms with E-state index in [0.29, 0.717) is 11.7 Å². The predicted molar refractivity (Wildman–Crippen MR) is 57.6 cm³/mol. The number of carbonyl (C=O) groups excluding carboxylic acids is 1. The number of carbonyl (C=O) groups is 1. The van der Waals surface area contributed by atoms with E-state index in [0.717, 1.165) is 17.7 Å². The SMILES string of the molecule is CNc1ccc(C(=O)C2CC2C)cc1. The van der Waals surface area contributed by atoms with E-state index in [-0.39, 0.29) is 5.92 Å². The predicted octanol–water partition coefficient (Wildman–Crippen LogP) is 2.57. The lowest BCUT2D eigenvalue weighted by Gasteiger charge is -2.02. The van der Waals surface area contributed by atoms with Gasteiger partial charge in [-0.1, -0.05) is 6.92 Å². The van der Waals surface area contributed by atoms with Gasteiger partial charge in [0.25, 0.3) is 0 Å². The van der Waals surface area contributed by atoms with Gasteiger partial charge in [0.05, 0.1) is 0 Å². The average Bonchev–Trinajstić information content (AvgIpc) is 2.95. The molecule has 1 aliphatic rings. The number of anilines is 1. The van der Waals surface area contributed by atoms with E-state index < -0.39 is 0 Å². The van der Waals surface area contributed by atoms with Crippen LogP contribution < -0.4 is 5.32 Å². The summed E-state index contributed by atoms with van der Waals surface area (Å²) in [4.78, 5) is 11.8. The number of hydrogen-bond donors (Lipinski definition) is 1. The smallest absolute Gasteiger partial charge is 0.166 e. The lowest BCUT2D eigenvalue weighted by molar-refractivity contribution is 0.0962. The maximum Gasteiger partial charge on any atom is 0.166 e. The fourth-order valence-corrected chi connectivity index (χ4v) is 1.70. The Morgan fingerprint density at radius 3 is 2.36 bits per heavy atom. The molecule has 1 saturated carbocycles. The van der Waals surface area contributed by atoms with Gasteiger partial charge in [-0.2, -0.15) is 0 Å². The van der Waals surface area contributed by atoms with Crippen molar-refractivity contribution in [2.45, 2.75) is 13.3 Å². The molecule has 1 aliphatic carbocycles. The minimum Gasteiger partial charge on any atom is -0.388 e. The van der Waals surface area contributed by atoms with Gasteiger partial charge in [0.15, 0.2) is 5.78 Å². The Kier molecular flexibility index (Phi) is 2.28. The molecular weight excluding hydrogens is 174 g/mol. The standard InChI is InChI=1S/C12H15NO/c1-8-7-11(8)12(14)9-3-5-10(13-2)6-4-9/h3-6,8,11,13H,7H2,1-2H3. The van der Waals surface area contributed by atoms with Crippen LogP contribution >= 0.6 is 0 Å². The molecular formula is C12H15NO. The summed E-state index contributed by atoms with van der Waals surface area (Å²) >= 11 is 0. The molecule has 0 aliphatic heterocycles.